The highest BCUT2D eigenvalue weighted by Gasteiger charge is 2.10. The van der Waals surface area contributed by atoms with Crippen molar-refractivity contribution in [2.45, 2.75) is 0 Å². The van der Waals surface area contributed by atoms with Crippen LogP contribution in [0, 0.1) is 5.82 Å². The van der Waals surface area contributed by atoms with Gasteiger partial charge in [0.2, 0.25) is 0 Å². The fourth-order valence-electron chi connectivity index (χ4n) is 3.47. The SMILES string of the molecule is O=C(Nc1cccc(Nc2ccncc2)n1)c1cccc(Nc2ccnc3ccc(F)cc23)c1. The number of carbonyl (C=O) groups excluding carboxylic acids is 1. The highest BCUT2D eigenvalue weighted by atomic mass is 19.1. The van der Waals surface area contributed by atoms with Gasteiger partial charge in [-0.05, 0) is 66.7 Å². The van der Waals surface area contributed by atoms with Crippen LogP contribution in [0.2, 0.25) is 0 Å². The van der Waals surface area contributed by atoms with E-state index in [-0.39, 0.29) is 11.7 Å². The summed E-state index contributed by atoms with van der Waals surface area (Å²) >= 11 is 0. The summed E-state index contributed by atoms with van der Waals surface area (Å²) in [6, 6.07) is 22.2. The molecule has 0 saturated carbocycles. The fraction of sp³-hybridized carbons (Fsp3) is 0. The normalized spacial score (nSPS) is 10.6. The lowest BCUT2D eigenvalue weighted by atomic mass is 10.1. The number of carbonyl (C=O) groups is 1. The third-order valence-electron chi connectivity index (χ3n) is 5.05. The molecule has 3 heterocycles. The van der Waals surface area contributed by atoms with Crippen molar-refractivity contribution in [2.75, 3.05) is 16.0 Å². The van der Waals surface area contributed by atoms with Crippen LogP contribution < -0.4 is 16.0 Å². The molecule has 5 aromatic rings. The summed E-state index contributed by atoms with van der Waals surface area (Å²) in [6.07, 6.45) is 5.01. The van der Waals surface area contributed by atoms with Gasteiger partial charge in [-0.15, -0.1) is 0 Å². The molecule has 166 valence electrons. The van der Waals surface area contributed by atoms with E-state index in [4.69, 9.17) is 0 Å². The third-order valence-corrected chi connectivity index (χ3v) is 5.05. The third kappa shape index (κ3) is 4.81. The Morgan fingerprint density at radius 1 is 0.765 bits per heavy atom. The Bertz CT molecular complexity index is 1480. The molecule has 0 aliphatic heterocycles. The molecule has 0 atom stereocenters. The number of hydrogen-bond acceptors (Lipinski definition) is 6. The molecule has 0 aliphatic carbocycles. The topological polar surface area (TPSA) is 91.8 Å². The van der Waals surface area contributed by atoms with Gasteiger partial charge in [0.15, 0.2) is 0 Å². The summed E-state index contributed by atoms with van der Waals surface area (Å²) in [5, 5.41) is 9.90. The van der Waals surface area contributed by atoms with Gasteiger partial charge in [0.1, 0.15) is 17.5 Å². The maximum atomic E-state index is 13.8. The molecule has 3 aromatic heterocycles. The Hall–Kier alpha value is -4.85. The van der Waals surface area contributed by atoms with E-state index in [2.05, 4.69) is 30.9 Å². The van der Waals surface area contributed by atoms with Gasteiger partial charge in [0.05, 0.1) is 5.52 Å². The van der Waals surface area contributed by atoms with Gasteiger partial charge in [0, 0.05) is 46.6 Å². The summed E-state index contributed by atoms with van der Waals surface area (Å²) in [5.74, 6) is 0.363. The molecule has 5 rings (SSSR count). The van der Waals surface area contributed by atoms with Crippen molar-refractivity contribution in [3.8, 4) is 0 Å². The molecule has 0 bridgehead atoms. The highest BCUT2D eigenvalue weighted by molar-refractivity contribution is 6.04. The maximum absolute atomic E-state index is 13.8. The summed E-state index contributed by atoms with van der Waals surface area (Å²) in [7, 11) is 0. The summed E-state index contributed by atoms with van der Waals surface area (Å²) in [5.41, 5.74) is 3.34. The number of halogens is 1. The summed E-state index contributed by atoms with van der Waals surface area (Å²) in [4.78, 5) is 25.6. The molecule has 0 spiro atoms. The molecule has 8 heteroatoms. The van der Waals surface area contributed by atoms with Crippen LogP contribution in [0.5, 0.6) is 0 Å². The van der Waals surface area contributed by atoms with E-state index in [1.54, 1.807) is 61.1 Å². The molecule has 0 saturated heterocycles. The van der Waals surface area contributed by atoms with Crippen LogP contribution in [0.3, 0.4) is 0 Å². The predicted molar refractivity (Wildman–Crippen MR) is 131 cm³/mol. The average molecular weight is 450 g/mol. The Balaban J connectivity index is 1.33. The first kappa shape index (κ1) is 21.0. The van der Waals surface area contributed by atoms with Crippen LogP contribution in [-0.4, -0.2) is 20.9 Å². The number of nitrogens with one attached hydrogen (secondary N) is 3. The van der Waals surface area contributed by atoms with Gasteiger partial charge >= 0.3 is 0 Å². The number of nitrogens with zero attached hydrogens (tertiary/aromatic N) is 3. The minimum atomic E-state index is -0.343. The number of benzene rings is 2. The van der Waals surface area contributed by atoms with Gasteiger partial charge in [-0.1, -0.05) is 12.1 Å². The van der Waals surface area contributed by atoms with Crippen molar-refractivity contribution in [1.82, 2.24) is 15.0 Å². The van der Waals surface area contributed by atoms with Crippen molar-refractivity contribution < 1.29 is 9.18 Å². The van der Waals surface area contributed by atoms with Crippen molar-refractivity contribution in [3.05, 3.63) is 109 Å². The van der Waals surface area contributed by atoms with Gasteiger partial charge in [-0.2, -0.15) is 0 Å². The van der Waals surface area contributed by atoms with Crippen LogP contribution >= 0.6 is 0 Å². The van der Waals surface area contributed by atoms with Gasteiger partial charge < -0.3 is 16.0 Å². The van der Waals surface area contributed by atoms with E-state index in [0.717, 1.165) is 5.69 Å². The molecule has 3 N–H and O–H groups in total. The van der Waals surface area contributed by atoms with Crippen molar-refractivity contribution in [2.24, 2.45) is 0 Å². The molecule has 7 nitrogen and oxygen atoms in total. The lowest BCUT2D eigenvalue weighted by Crippen LogP contribution is -2.13. The number of hydrogen-bond donors (Lipinski definition) is 3. The second-order valence-corrected chi connectivity index (χ2v) is 7.45. The van der Waals surface area contributed by atoms with E-state index in [1.165, 1.54) is 12.1 Å². The lowest BCUT2D eigenvalue weighted by Gasteiger charge is -2.11. The number of fused-ring (bicyclic) bond motifs is 1. The first-order chi connectivity index (χ1) is 16.6. The van der Waals surface area contributed by atoms with Crippen molar-refractivity contribution in [1.29, 1.82) is 0 Å². The molecule has 34 heavy (non-hydrogen) atoms. The smallest absolute Gasteiger partial charge is 0.256 e. The maximum Gasteiger partial charge on any atom is 0.256 e. The molecule has 0 aliphatic rings. The summed E-state index contributed by atoms with van der Waals surface area (Å²) in [6.45, 7) is 0. The standard InChI is InChI=1S/C26H19FN6O/c27-18-7-8-22-21(16-18)23(11-14-29-22)30-20-4-1-3-17(15-20)26(34)33-25-6-2-5-24(32-25)31-19-9-12-28-13-10-19/h1-16H,(H,29,30)(H2,28,31,32,33,34). The zero-order valence-corrected chi connectivity index (χ0v) is 17.9. The van der Waals surface area contributed by atoms with Crippen LogP contribution in [0.4, 0.5) is 33.1 Å². The number of amides is 1. The van der Waals surface area contributed by atoms with Crippen LogP contribution in [0.1, 0.15) is 10.4 Å². The fourth-order valence-corrected chi connectivity index (χ4v) is 3.47. The largest absolute Gasteiger partial charge is 0.355 e. The zero-order valence-electron chi connectivity index (χ0n) is 17.9. The molecule has 0 fully saturated rings. The Morgan fingerprint density at radius 2 is 1.59 bits per heavy atom. The molecule has 0 unspecified atom stereocenters. The van der Waals surface area contributed by atoms with Gasteiger partial charge in [-0.3, -0.25) is 14.8 Å². The number of anilines is 5. The number of pyridine rings is 3. The van der Waals surface area contributed by atoms with E-state index in [0.29, 0.717) is 39.5 Å². The molecule has 1 amide bonds. The Kier molecular flexibility index (Phi) is 5.77. The number of rotatable bonds is 6. The molecular formula is C26H19FN6O. The second-order valence-electron chi connectivity index (χ2n) is 7.45. The quantitative estimate of drug-likeness (QED) is 0.298. The first-order valence-corrected chi connectivity index (χ1v) is 10.5. The first-order valence-electron chi connectivity index (χ1n) is 10.5. The van der Waals surface area contributed by atoms with Crippen LogP contribution in [0.25, 0.3) is 10.9 Å². The Labute approximate surface area is 194 Å². The van der Waals surface area contributed by atoms with E-state index in [9.17, 15) is 9.18 Å². The molecule has 0 radical (unpaired) electrons. The lowest BCUT2D eigenvalue weighted by molar-refractivity contribution is 0.102. The predicted octanol–water partition coefficient (Wildman–Crippen LogP) is 5.90. The summed E-state index contributed by atoms with van der Waals surface area (Å²) < 4.78 is 13.8. The minimum absolute atomic E-state index is 0.303. The highest BCUT2D eigenvalue weighted by Crippen LogP contribution is 2.26. The van der Waals surface area contributed by atoms with Crippen molar-refractivity contribution >= 4 is 45.5 Å². The van der Waals surface area contributed by atoms with Gasteiger partial charge in [0.25, 0.3) is 5.91 Å². The monoisotopic (exact) mass is 450 g/mol. The van der Waals surface area contributed by atoms with E-state index >= 15 is 0 Å². The molecular weight excluding hydrogens is 431 g/mol. The van der Waals surface area contributed by atoms with Gasteiger partial charge in [-0.25, -0.2) is 9.37 Å². The average Bonchev–Trinajstić information content (AvgIpc) is 2.85. The van der Waals surface area contributed by atoms with E-state index in [1.807, 2.05) is 24.3 Å². The van der Waals surface area contributed by atoms with Crippen LogP contribution in [0.15, 0.2) is 97.5 Å². The number of aromatic nitrogens is 3. The van der Waals surface area contributed by atoms with Crippen LogP contribution in [-0.2, 0) is 0 Å². The molecule has 2 aromatic carbocycles. The van der Waals surface area contributed by atoms with E-state index < -0.39 is 0 Å². The van der Waals surface area contributed by atoms with Crippen molar-refractivity contribution in [3.63, 3.8) is 0 Å². The Morgan fingerprint density at radius 3 is 2.47 bits per heavy atom. The zero-order chi connectivity index (χ0) is 23.3. The second kappa shape index (κ2) is 9.33. The minimum Gasteiger partial charge on any atom is -0.355 e.